The van der Waals surface area contributed by atoms with Crippen LogP contribution < -0.4 is 5.73 Å². The lowest BCUT2D eigenvalue weighted by atomic mass is 10.0. The van der Waals surface area contributed by atoms with E-state index in [0.29, 0.717) is 11.1 Å². The lowest BCUT2D eigenvalue weighted by Crippen LogP contribution is -2.11. The van der Waals surface area contributed by atoms with Crippen LogP contribution in [0.25, 0.3) is 11.4 Å². The maximum Gasteiger partial charge on any atom is 0.471 e. The van der Waals surface area contributed by atoms with E-state index in [1.807, 2.05) is 0 Å². The quantitative estimate of drug-likeness (QED) is 0.860. The minimum absolute atomic E-state index is 0.134. The van der Waals surface area contributed by atoms with Crippen molar-refractivity contribution in [3.8, 4) is 11.4 Å². The van der Waals surface area contributed by atoms with Gasteiger partial charge in [0.05, 0.1) is 0 Å². The number of aryl methyl sites for hydroxylation is 1. The van der Waals surface area contributed by atoms with Crippen LogP contribution in [0.15, 0.2) is 22.7 Å². The molecule has 0 atom stereocenters. The monoisotopic (exact) mass is 287 g/mol. The SMILES string of the molecule is Cc1cc(-c2noc(C(F)(F)F)n2)ccc1C(N)=S. The van der Waals surface area contributed by atoms with Crippen LogP contribution in [0.3, 0.4) is 0 Å². The highest BCUT2D eigenvalue weighted by atomic mass is 32.1. The largest absolute Gasteiger partial charge is 0.471 e. The van der Waals surface area contributed by atoms with Gasteiger partial charge in [-0.15, -0.1) is 0 Å². The van der Waals surface area contributed by atoms with Crippen molar-refractivity contribution < 1.29 is 17.7 Å². The number of nitrogens with two attached hydrogens (primary N) is 1. The Morgan fingerprint density at radius 2 is 2.05 bits per heavy atom. The van der Waals surface area contributed by atoms with Gasteiger partial charge in [-0.1, -0.05) is 29.5 Å². The zero-order valence-corrected chi connectivity index (χ0v) is 10.5. The van der Waals surface area contributed by atoms with Crippen LogP contribution in [0.1, 0.15) is 17.0 Å². The molecule has 19 heavy (non-hydrogen) atoms. The fraction of sp³-hybridized carbons (Fsp3) is 0.182. The van der Waals surface area contributed by atoms with Crippen LogP contribution in [0.4, 0.5) is 13.2 Å². The molecule has 0 spiro atoms. The molecule has 0 bridgehead atoms. The van der Waals surface area contributed by atoms with E-state index in [9.17, 15) is 13.2 Å². The van der Waals surface area contributed by atoms with Gasteiger partial charge in [0.15, 0.2) is 0 Å². The van der Waals surface area contributed by atoms with Gasteiger partial charge >= 0.3 is 12.1 Å². The summed E-state index contributed by atoms with van der Waals surface area (Å²) in [4.78, 5) is 3.52. The predicted octanol–water partition coefficient (Wildman–Crippen LogP) is 2.70. The molecule has 2 aromatic rings. The molecule has 0 aliphatic rings. The molecule has 8 heteroatoms. The van der Waals surface area contributed by atoms with Crippen molar-refractivity contribution >= 4 is 17.2 Å². The zero-order chi connectivity index (χ0) is 14.2. The van der Waals surface area contributed by atoms with E-state index in [2.05, 4.69) is 14.7 Å². The molecule has 0 fully saturated rings. The number of alkyl halides is 3. The molecule has 2 rings (SSSR count). The van der Waals surface area contributed by atoms with Gasteiger partial charge in [0.25, 0.3) is 0 Å². The van der Waals surface area contributed by atoms with Crippen LogP contribution in [0.5, 0.6) is 0 Å². The summed E-state index contributed by atoms with van der Waals surface area (Å²) in [6.07, 6.45) is -4.65. The molecule has 0 amide bonds. The lowest BCUT2D eigenvalue weighted by Gasteiger charge is -2.04. The Hall–Kier alpha value is -1.96. The van der Waals surface area contributed by atoms with Crippen molar-refractivity contribution in [2.75, 3.05) is 0 Å². The summed E-state index contributed by atoms with van der Waals surface area (Å²) >= 11 is 4.84. The molecule has 0 radical (unpaired) electrons. The number of rotatable bonds is 2. The number of thiocarbonyl (C=S) groups is 1. The molecule has 1 heterocycles. The Bertz CT molecular complexity index is 636. The normalized spacial score (nSPS) is 11.6. The summed E-state index contributed by atoms with van der Waals surface area (Å²) < 4.78 is 41.2. The third-order valence-electron chi connectivity index (χ3n) is 2.42. The van der Waals surface area contributed by atoms with E-state index >= 15 is 0 Å². The molecule has 2 N–H and O–H groups in total. The van der Waals surface area contributed by atoms with Crippen LogP contribution in [0, 0.1) is 6.92 Å². The third kappa shape index (κ3) is 2.73. The van der Waals surface area contributed by atoms with Gasteiger partial charge in [-0.2, -0.15) is 18.2 Å². The van der Waals surface area contributed by atoms with E-state index in [-0.39, 0.29) is 10.8 Å². The van der Waals surface area contributed by atoms with Gasteiger partial charge in [0, 0.05) is 11.1 Å². The molecule has 0 unspecified atom stereocenters. The molecule has 1 aromatic carbocycles. The Labute approximate surface area is 111 Å². The molecule has 0 saturated carbocycles. The number of halogens is 3. The molecule has 4 nitrogen and oxygen atoms in total. The van der Waals surface area contributed by atoms with Gasteiger partial charge in [-0.05, 0) is 18.6 Å². The lowest BCUT2D eigenvalue weighted by molar-refractivity contribution is -0.159. The molecular weight excluding hydrogens is 279 g/mol. The first kappa shape index (κ1) is 13.5. The van der Waals surface area contributed by atoms with E-state index < -0.39 is 12.1 Å². The topological polar surface area (TPSA) is 64.9 Å². The number of nitrogens with zero attached hydrogens (tertiary/aromatic N) is 2. The van der Waals surface area contributed by atoms with Crippen LogP contribution in [-0.2, 0) is 6.18 Å². The van der Waals surface area contributed by atoms with E-state index in [0.717, 1.165) is 5.56 Å². The molecule has 0 aliphatic carbocycles. The zero-order valence-electron chi connectivity index (χ0n) is 9.65. The second-order valence-electron chi connectivity index (χ2n) is 3.81. The van der Waals surface area contributed by atoms with Crippen molar-refractivity contribution in [1.82, 2.24) is 10.1 Å². The average molecular weight is 287 g/mol. The fourth-order valence-corrected chi connectivity index (χ4v) is 1.76. The average Bonchev–Trinajstić information content (AvgIpc) is 2.76. The highest BCUT2D eigenvalue weighted by Crippen LogP contribution is 2.29. The number of hydrogen-bond donors (Lipinski definition) is 1. The second-order valence-corrected chi connectivity index (χ2v) is 4.25. The number of aromatic nitrogens is 2. The summed E-state index contributed by atoms with van der Waals surface area (Å²) in [6, 6.07) is 4.74. The van der Waals surface area contributed by atoms with Crippen molar-refractivity contribution in [1.29, 1.82) is 0 Å². The minimum Gasteiger partial charge on any atom is -0.389 e. The third-order valence-corrected chi connectivity index (χ3v) is 2.64. The van der Waals surface area contributed by atoms with Crippen LogP contribution in [0.2, 0.25) is 0 Å². The summed E-state index contributed by atoms with van der Waals surface area (Å²) in [6.45, 7) is 1.74. The Kier molecular flexibility index (Phi) is 3.27. The van der Waals surface area contributed by atoms with Crippen LogP contribution in [-0.4, -0.2) is 15.1 Å². The van der Waals surface area contributed by atoms with Crippen molar-refractivity contribution in [3.63, 3.8) is 0 Å². The van der Waals surface area contributed by atoms with Gasteiger partial charge in [0.1, 0.15) is 4.99 Å². The fourth-order valence-electron chi connectivity index (χ4n) is 1.54. The summed E-state index contributed by atoms with van der Waals surface area (Å²) in [5.41, 5.74) is 7.27. The standard InChI is InChI=1S/C11H8F3N3OS/c1-5-4-6(2-3-7(5)8(15)19)9-16-10(18-17-9)11(12,13)14/h2-4H,1H3,(H2,15,19). The highest BCUT2D eigenvalue weighted by molar-refractivity contribution is 7.80. The smallest absolute Gasteiger partial charge is 0.389 e. The van der Waals surface area contributed by atoms with Gasteiger partial charge in [-0.3, -0.25) is 0 Å². The molecule has 100 valence electrons. The maximum absolute atomic E-state index is 12.3. The maximum atomic E-state index is 12.3. The van der Waals surface area contributed by atoms with Crippen LogP contribution >= 0.6 is 12.2 Å². The first-order valence-electron chi connectivity index (χ1n) is 5.11. The van der Waals surface area contributed by atoms with E-state index in [4.69, 9.17) is 18.0 Å². The van der Waals surface area contributed by atoms with Gasteiger partial charge in [-0.25, -0.2) is 0 Å². The minimum atomic E-state index is -4.65. The van der Waals surface area contributed by atoms with Crippen molar-refractivity contribution in [2.24, 2.45) is 5.73 Å². The number of benzene rings is 1. The van der Waals surface area contributed by atoms with Crippen molar-refractivity contribution in [3.05, 3.63) is 35.2 Å². The summed E-state index contributed by atoms with van der Waals surface area (Å²) in [5.74, 6) is -1.51. The first-order chi connectivity index (χ1) is 8.79. The van der Waals surface area contributed by atoms with Gasteiger partial charge < -0.3 is 10.3 Å². The Morgan fingerprint density at radius 3 is 2.53 bits per heavy atom. The molecular formula is C11H8F3N3OS. The molecule has 1 aromatic heterocycles. The Morgan fingerprint density at radius 1 is 1.37 bits per heavy atom. The van der Waals surface area contributed by atoms with Crippen molar-refractivity contribution in [2.45, 2.75) is 13.1 Å². The van der Waals surface area contributed by atoms with E-state index in [1.165, 1.54) is 6.07 Å². The predicted molar refractivity (Wildman–Crippen MR) is 65.4 cm³/mol. The van der Waals surface area contributed by atoms with Gasteiger partial charge in [0.2, 0.25) is 5.82 Å². The first-order valence-corrected chi connectivity index (χ1v) is 5.51. The highest BCUT2D eigenvalue weighted by Gasteiger charge is 2.38. The second kappa shape index (κ2) is 4.61. The number of hydrogen-bond acceptors (Lipinski definition) is 4. The molecule has 0 aliphatic heterocycles. The summed E-state index contributed by atoms with van der Waals surface area (Å²) in [5, 5.41) is 3.30. The van der Waals surface area contributed by atoms with E-state index in [1.54, 1.807) is 19.1 Å². The Balaban J connectivity index is 2.40. The summed E-state index contributed by atoms with van der Waals surface area (Å²) in [7, 11) is 0. The molecule has 0 saturated heterocycles.